The number of nitrogens with one attached hydrogen (secondary N) is 1. The highest BCUT2D eigenvalue weighted by Gasteiger charge is 2.37. The summed E-state index contributed by atoms with van der Waals surface area (Å²) in [5, 5.41) is 7.95. The van der Waals surface area contributed by atoms with Crippen molar-refractivity contribution in [2.24, 2.45) is 0 Å². The van der Waals surface area contributed by atoms with Gasteiger partial charge in [-0.05, 0) is 32.3 Å². The second-order valence-corrected chi connectivity index (χ2v) is 8.20. The maximum Gasteiger partial charge on any atom is 0.152 e. The van der Waals surface area contributed by atoms with E-state index in [0.29, 0.717) is 24.8 Å². The molecule has 1 aromatic rings. The van der Waals surface area contributed by atoms with E-state index >= 15 is 0 Å². The highest BCUT2D eigenvalue weighted by molar-refractivity contribution is 7.91. The highest BCUT2D eigenvalue weighted by atomic mass is 32.2. The Morgan fingerprint density at radius 2 is 2.15 bits per heavy atom. The van der Waals surface area contributed by atoms with Crippen LogP contribution in [0.3, 0.4) is 0 Å². The Labute approximate surface area is 121 Å². The fourth-order valence-electron chi connectivity index (χ4n) is 2.79. The molecule has 114 valence electrons. The van der Waals surface area contributed by atoms with E-state index in [2.05, 4.69) is 24.3 Å². The third-order valence-corrected chi connectivity index (χ3v) is 6.08. The largest absolute Gasteiger partial charge is 0.305 e. The van der Waals surface area contributed by atoms with E-state index in [4.69, 9.17) is 0 Å². The molecule has 2 rings (SSSR count). The van der Waals surface area contributed by atoms with Crippen LogP contribution in [0.25, 0.3) is 0 Å². The molecule has 0 aliphatic carbocycles. The summed E-state index contributed by atoms with van der Waals surface area (Å²) < 4.78 is 25.2. The molecule has 1 atom stereocenters. The summed E-state index contributed by atoms with van der Waals surface area (Å²) in [7, 11) is -2.86. The van der Waals surface area contributed by atoms with Gasteiger partial charge in [0, 0.05) is 18.3 Å². The zero-order valence-corrected chi connectivity index (χ0v) is 13.4. The van der Waals surface area contributed by atoms with Crippen molar-refractivity contribution in [3.8, 4) is 0 Å². The van der Waals surface area contributed by atoms with Gasteiger partial charge in [0.25, 0.3) is 0 Å². The minimum atomic E-state index is -2.86. The van der Waals surface area contributed by atoms with E-state index in [0.717, 1.165) is 18.5 Å². The lowest BCUT2D eigenvalue weighted by Crippen LogP contribution is -2.42. The first-order valence-corrected chi connectivity index (χ1v) is 9.19. The zero-order chi connectivity index (χ0) is 14.8. The van der Waals surface area contributed by atoms with Gasteiger partial charge >= 0.3 is 0 Å². The predicted molar refractivity (Wildman–Crippen MR) is 80.4 cm³/mol. The molecule has 1 unspecified atom stereocenters. The van der Waals surface area contributed by atoms with E-state index in [9.17, 15) is 8.42 Å². The Morgan fingerprint density at radius 1 is 1.45 bits per heavy atom. The topological polar surface area (TPSA) is 64.0 Å². The third-order valence-electron chi connectivity index (χ3n) is 4.18. The minimum Gasteiger partial charge on any atom is -0.305 e. The quantitative estimate of drug-likeness (QED) is 0.871. The molecule has 1 aliphatic heterocycles. The molecular formula is C14H25N3O2S. The lowest BCUT2D eigenvalue weighted by atomic mass is 10.0. The van der Waals surface area contributed by atoms with Gasteiger partial charge in [0.2, 0.25) is 0 Å². The van der Waals surface area contributed by atoms with Crippen molar-refractivity contribution in [1.82, 2.24) is 15.1 Å². The Hall–Kier alpha value is -0.880. The predicted octanol–water partition coefficient (Wildman–Crippen LogP) is 1.91. The molecule has 1 aliphatic rings. The van der Waals surface area contributed by atoms with E-state index in [1.165, 1.54) is 0 Å². The summed E-state index contributed by atoms with van der Waals surface area (Å²) >= 11 is 0. The minimum absolute atomic E-state index is 0.229. The number of rotatable bonds is 6. The molecule has 0 saturated carbocycles. The molecule has 0 spiro atoms. The van der Waals surface area contributed by atoms with Gasteiger partial charge in [-0.2, -0.15) is 5.10 Å². The first kappa shape index (κ1) is 15.5. The van der Waals surface area contributed by atoms with Crippen molar-refractivity contribution < 1.29 is 8.42 Å². The van der Waals surface area contributed by atoms with Crippen molar-refractivity contribution in [3.05, 3.63) is 18.0 Å². The average molecular weight is 299 g/mol. The normalized spacial score (nSPS) is 25.4. The van der Waals surface area contributed by atoms with Gasteiger partial charge in [-0.25, -0.2) is 8.42 Å². The molecule has 1 N–H and O–H groups in total. The van der Waals surface area contributed by atoms with Gasteiger partial charge in [0.1, 0.15) is 0 Å². The molecule has 0 radical (unpaired) electrons. The van der Waals surface area contributed by atoms with E-state index in [1.54, 1.807) is 0 Å². The van der Waals surface area contributed by atoms with Crippen molar-refractivity contribution in [2.45, 2.75) is 58.2 Å². The number of hydrogen-bond acceptors (Lipinski definition) is 4. The van der Waals surface area contributed by atoms with E-state index in [1.807, 2.05) is 23.9 Å². The van der Waals surface area contributed by atoms with Gasteiger partial charge in [0.05, 0.1) is 23.2 Å². The molecule has 0 amide bonds. The van der Waals surface area contributed by atoms with Crippen LogP contribution >= 0.6 is 0 Å². The standard InChI is InChI=1S/C14H25N3O2S/c1-4-13(5-2)17-8-6-12(16-17)10-15-14(3)7-9-20(18,19)11-14/h6,8,13,15H,4-5,7,9-11H2,1-3H3. The van der Waals surface area contributed by atoms with Crippen LogP contribution in [0.15, 0.2) is 12.3 Å². The van der Waals surface area contributed by atoms with Crippen LogP contribution in [0.4, 0.5) is 0 Å². The number of nitrogens with zero attached hydrogens (tertiary/aromatic N) is 2. The Balaban J connectivity index is 1.95. The fraction of sp³-hybridized carbons (Fsp3) is 0.786. The average Bonchev–Trinajstić information content (AvgIpc) is 2.94. The van der Waals surface area contributed by atoms with Crippen LogP contribution < -0.4 is 5.32 Å². The Bertz CT molecular complexity index is 549. The number of sulfone groups is 1. The molecule has 0 bridgehead atoms. The van der Waals surface area contributed by atoms with Crippen molar-refractivity contribution >= 4 is 9.84 Å². The van der Waals surface area contributed by atoms with Crippen LogP contribution in [-0.4, -0.2) is 35.2 Å². The van der Waals surface area contributed by atoms with Crippen LogP contribution in [0.1, 0.15) is 51.8 Å². The molecule has 0 aromatic carbocycles. The molecule has 1 fully saturated rings. The number of hydrogen-bond donors (Lipinski definition) is 1. The lowest BCUT2D eigenvalue weighted by molar-refractivity contribution is 0.385. The van der Waals surface area contributed by atoms with Crippen molar-refractivity contribution in [2.75, 3.05) is 11.5 Å². The summed E-state index contributed by atoms with van der Waals surface area (Å²) in [6, 6.07) is 2.46. The van der Waals surface area contributed by atoms with Gasteiger partial charge in [-0.15, -0.1) is 0 Å². The van der Waals surface area contributed by atoms with Gasteiger partial charge < -0.3 is 5.32 Å². The van der Waals surface area contributed by atoms with Crippen LogP contribution in [0, 0.1) is 0 Å². The zero-order valence-electron chi connectivity index (χ0n) is 12.6. The van der Waals surface area contributed by atoms with Crippen LogP contribution in [0.5, 0.6) is 0 Å². The second-order valence-electron chi connectivity index (χ2n) is 6.01. The fourth-order valence-corrected chi connectivity index (χ4v) is 4.91. The second kappa shape index (κ2) is 5.85. The highest BCUT2D eigenvalue weighted by Crippen LogP contribution is 2.23. The molecular weight excluding hydrogens is 274 g/mol. The van der Waals surface area contributed by atoms with Crippen LogP contribution in [-0.2, 0) is 16.4 Å². The molecule has 2 heterocycles. The lowest BCUT2D eigenvalue weighted by Gasteiger charge is -2.23. The summed E-state index contributed by atoms with van der Waals surface area (Å²) in [4.78, 5) is 0. The Kier molecular flexibility index (Phi) is 4.54. The summed E-state index contributed by atoms with van der Waals surface area (Å²) in [5.41, 5.74) is 0.666. The summed E-state index contributed by atoms with van der Waals surface area (Å²) in [5.74, 6) is 0.520. The molecule has 1 aromatic heterocycles. The van der Waals surface area contributed by atoms with E-state index < -0.39 is 9.84 Å². The summed E-state index contributed by atoms with van der Waals surface area (Å²) in [6.07, 6.45) is 4.84. The molecule has 6 heteroatoms. The van der Waals surface area contributed by atoms with Gasteiger partial charge in [-0.3, -0.25) is 4.68 Å². The molecule has 5 nitrogen and oxygen atoms in total. The molecule has 20 heavy (non-hydrogen) atoms. The summed E-state index contributed by atoms with van der Waals surface area (Å²) in [6.45, 7) is 6.94. The van der Waals surface area contributed by atoms with E-state index in [-0.39, 0.29) is 11.3 Å². The maximum atomic E-state index is 11.6. The monoisotopic (exact) mass is 299 g/mol. The smallest absolute Gasteiger partial charge is 0.152 e. The first-order valence-electron chi connectivity index (χ1n) is 7.37. The maximum absolute atomic E-state index is 11.6. The SMILES string of the molecule is CCC(CC)n1ccc(CNC2(C)CCS(=O)(=O)C2)n1. The van der Waals surface area contributed by atoms with Crippen molar-refractivity contribution in [1.29, 1.82) is 0 Å². The Morgan fingerprint density at radius 3 is 2.70 bits per heavy atom. The van der Waals surface area contributed by atoms with Crippen molar-refractivity contribution in [3.63, 3.8) is 0 Å². The van der Waals surface area contributed by atoms with Gasteiger partial charge in [0.15, 0.2) is 9.84 Å². The number of aromatic nitrogens is 2. The first-order chi connectivity index (χ1) is 9.37. The molecule has 1 saturated heterocycles. The third kappa shape index (κ3) is 3.61. The van der Waals surface area contributed by atoms with Gasteiger partial charge in [-0.1, -0.05) is 13.8 Å². The van der Waals surface area contributed by atoms with Crippen LogP contribution in [0.2, 0.25) is 0 Å².